The summed E-state index contributed by atoms with van der Waals surface area (Å²) >= 11 is 0. The number of nitrogens with one attached hydrogen (secondary N) is 2. The van der Waals surface area contributed by atoms with Crippen molar-refractivity contribution >= 4 is 17.9 Å². The molecular formula is C25H32N4O2. The molecule has 0 bridgehead atoms. The molecule has 0 radical (unpaired) electrons. The lowest BCUT2D eigenvalue weighted by molar-refractivity contribution is -0.122. The van der Waals surface area contributed by atoms with E-state index < -0.39 is 0 Å². The SMILES string of the molecule is CCNC(=O)COc1cccc(CNC(=NC)N2CCC(=Cc3ccccc3)CC2)c1. The molecule has 1 heterocycles. The molecule has 2 N–H and O–H groups in total. The van der Waals surface area contributed by atoms with Crippen LogP contribution in [0.5, 0.6) is 5.75 Å². The van der Waals surface area contributed by atoms with Crippen LogP contribution in [-0.4, -0.2) is 50.1 Å². The van der Waals surface area contributed by atoms with Gasteiger partial charge in [-0.3, -0.25) is 9.79 Å². The summed E-state index contributed by atoms with van der Waals surface area (Å²) in [5.74, 6) is 1.49. The fourth-order valence-electron chi connectivity index (χ4n) is 3.59. The molecular weight excluding hydrogens is 388 g/mol. The summed E-state index contributed by atoms with van der Waals surface area (Å²) in [6.45, 7) is 5.07. The number of hydrogen-bond acceptors (Lipinski definition) is 3. The first-order valence-electron chi connectivity index (χ1n) is 10.9. The molecule has 2 aromatic carbocycles. The fraction of sp³-hybridized carbons (Fsp3) is 0.360. The summed E-state index contributed by atoms with van der Waals surface area (Å²) in [5, 5.41) is 6.18. The highest BCUT2D eigenvalue weighted by molar-refractivity contribution is 5.80. The first-order chi connectivity index (χ1) is 15.2. The zero-order valence-corrected chi connectivity index (χ0v) is 18.4. The normalized spacial score (nSPS) is 14.2. The lowest BCUT2D eigenvalue weighted by Gasteiger charge is -2.31. The molecule has 1 aliphatic heterocycles. The Bertz CT molecular complexity index is 899. The van der Waals surface area contributed by atoms with Crippen LogP contribution in [0.2, 0.25) is 0 Å². The Morgan fingerprint density at radius 1 is 1.10 bits per heavy atom. The highest BCUT2D eigenvalue weighted by Gasteiger charge is 2.17. The predicted octanol–water partition coefficient (Wildman–Crippen LogP) is 3.46. The Hall–Kier alpha value is -3.28. The second-order valence-corrected chi connectivity index (χ2v) is 7.49. The van der Waals surface area contributed by atoms with E-state index in [2.05, 4.69) is 50.9 Å². The minimum Gasteiger partial charge on any atom is -0.484 e. The summed E-state index contributed by atoms with van der Waals surface area (Å²) in [7, 11) is 1.82. The number of amides is 1. The number of nitrogens with zero attached hydrogens (tertiary/aromatic N) is 2. The van der Waals surface area contributed by atoms with E-state index in [1.54, 1.807) is 0 Å². The second kappa shape index (κ2) is 11.8. The van der Waals surface area contributed by atoms with Crippen molar-refractivity contribution in [2.24, 2.45) is 4.99 Å². The summed E-state index contributed by atoms with van der Waals surface area (Å²) in [5.41, 5.74) is 3.83. The number of benzene rings is 2. The van der Waals surface area contributed by atoms with E-state index in [9.17, 15) is 4.79 Å². The van der Waals surface area contributed by atoms with Gasteiger partial charge in [0.15, 0.2) is 12.6 Å². The van der Waals surface area contributed by atoms with Gasteiger partial charge in [-0.15, -0.1) is 0 Å². The van der Waals surface area contributed by atoms with E-state index in [4.69, 9.17) is 4.74 Å². The maximum atomic E-state index is 11.6. The predicted molar refractivity (Wildman–Crippen MR) is 126 cm³/mol. The molecule has 1 fully saturated rings. The number of ether oxygens (including phenoxy) is 1. The lowest BCUT2D eigenvalue weighted by Crippen LogP contribution is -2.44. The number of carbonyl (C=O) groups is 1. The molecule has 0 saturated carbocycles. The summed E-state index contributed by atoms with van der Waals surface area (Å²) in [6, 6.07) is 18.3. The van der Waals surface area contributed by atoms with Gasteiger partial charge in [-0.25, -0.2) is 0 Å². The van der Waals surface area contributed by atoms with Crippen molar-refractivity contribution < 1.29 is 9.53 Å². The number of carbonyl (C=O) groups excluding carboxylic acids is 1. The molecule has 6 heteroatoms. The van der Waals surface area contributed by atoms with E-state index in [1.165, 1.54) is 11.1 Å². The number of likely N-dealkylation sites (tertiary alicyclic amines) is 1. The largest absolute Gasteiger partial charge is 0.484 e. The monoisotopic (exact) mass is 420 g/mol. The number of aliphatic imine (C=N–C) groups is 1. The minimum absolute atomic E-state index is 0.0268. The van der Waals surface area contributed by atoms with Gasteiger partial charge < -0.3 is 20.3 Å². The second-order valence-electron chi connectivity index (χ2n) is 7.49. The first kappa shape index (κ1) is 22.4. The molecule has 0 unspecified atom stereocenters. The van der Waals surface area contributed by atoms with Crippen LogP contribution in [0.15, 0.2) is 65.2 Å². The van der Waals surface area contributed by atoms with Crippen molar-refractivity contribution in [3.63, 3.8) is 0 Å². The van der Waals surface area contributed by atoms with Crippen molar-refractivity contribution in [3.8, 4) is 5.75 Å². The number of likely N-dealkylation sites (N-methyl/N-ethyl adjacent to an activating group) is 1. The standard InChI is InChI=1S/C25H32N4O2/c1-3-27-24(30)19-31-23-11-7-10-22(17-23)18-28-25(26-2)29-14-12-21(13-15-29)16-20-8-5-4-6-9-20/h4-11,16-17H,3,12-15,18-19H2,1-2H3,(H,26,28)(H,27,30). The van der Waals surface area contributed by atoms with Gasteiger partial charge >= 0.3 is 0 Å². The van der Waals surface area contributed by atoms with Crippen LogP contribution in [0.25, 0.3) is 6.08 Å². The Morgan fingerprint density at radius 2 is 1.87 bits per heavy atom. The van der Waals surface area contributed by atoms with E-state index >= 15 is 0 Å². The summed E-state index contributed by atoms with van der Waals surface area (Å²) in [6.07, 6.45) is 4.39. The highest BCUT2D eigenvalue weighted by Crippen LogP contribution is 2.20. The van der Waals surface area contributed by atoms with E-state index in [-0.39, 0.29) is 12.5 Å². The zero-order valence-electron chi connectivity index (χ0n) is 18.4. The van der Waals surface area contributed by atoms with E-state index in [1.807, 2.05) is 44.3 Å². The molecule has 1 amide bonds. The van der Waals surface area contributed by atoms with Crippen molar-refractivity contribution in [3.05, 3.63) is 71.3 Å². The van der Waals surface area contributed by atoms with E-state index in [0.29, 0.717) is 18.8 Å². The van der Waals surface area contributed by atoms with Gasteiger partial charge in [-0.2, -0.15) is 0 Å². The van der Waals surface area contributed by atoms with Gasteiger partial charge in [0.25, 0.3) is 5.91 Å². The van der Waals surface area contributed by atoms with Gasteiger partial charge in [0.2, 0.25) is 0 Å². The van der Waals surface area contributed by atoms with Crippen molar-refractivity contribution in [2.75, 3.05) is 33.3 Å². The molecule has 1 aliphatic rings. The summed E-state index contributed by atoms with van der Waals surface area (Å²) < 4.78 is 5.58. The highest BCUT2D eigenvalue weighted by atomic mass is 16.5. The van der Waals surface area contributed by atoms with Crippen LogP contribution in [0.1, 0.15) is 30.9 Å². The molecule has 3 rings (SSSR count). The third kappa shape index (κ3) is 7.17. The van der Waals surface area contributed by atoms with Gasteiger partial charge in [0.05, 0.1) is 0 Å². The molecule has 0 aliphatic carbocycles. The molecule has 6 nitrogen and oxygen atoms in total. The zero-order chi connectivity index (χ0) is 21.9. The average Bonchev–Trinajstić information content (AvgIpc) is 2.80. The van der Waals surface area contributed by atoms with Crippen LogP contribution in [-0.2, 0) is 11.3 Å². The van der Waals surface area contributed by atoms with Gasteiger partial charge in [-0.05, 0) is 43.0 Å². The van der Waals surface area contributed by atoms with Gasteiger partial charge in [0.1, 0.15) is 5.75 Å². The Balaban J connectivity index is 1.49. The maximum absolute atomic E-state index is 11.6. The quantitative estimate of drug-likeness (QED) is 0.532. The minimum atomic E-state index is -0.114. The molecule has 0 aromatic heterocycles. The fourth-order valence-corrected chi connectivity index (χ4v) is 3.59. The van der Waals surface area contributed by atoms with E-state index in [0.717, 1.165) is 37.5 Å². The Labute approximate surface area is 185 Å². The van der Waals surface area contributed by atoms with Gasteiger partial charge in [0, 0.05) is 33.2 Å². The first-order valence-corrected chi connectivity index (χ1v) is 10.9. The van der Waals surface area contributed by atoms with Crippen LogP contribution >= 0.6 is 0 Å². The molecule has 1 saturated heterocycles. The third-order valence-electron chi connectivity index (χ3n) is 5.18. The van der Waals surface area contributed by atoms with Crippen LogP contribution in [0.4, 0.5) is 0 Å². The molecule has 0 spiro atoms. The molecule has 31 heavy (non-hydrogen) atoms. The number of guanidine groups is 1. The topological polar surface area (TPSA) is 66.0 Å². The third-order valence-corrected chi connectivity index (χ3v) is 5.18. The number of hydrogen-bond donors (Lipinski definition) is 2. The smallest absolute Gasteiger partial charge is 0.257 e. The number of piperidine rings is 1. The molecule has 164 valence electrons. The van der Waals surface area contributed by atoms with Crippen molar-refractivity contribution in [1.29, 1.82) is 0 Å². The number of rotatable bonds is 7. The van der Waals surface area contributed by atoms with Crippen molar-refractivity contribution in [1.82, 2.24) is 15.5 Å². The van der Waals surface area contributed by atoms with Crippen LogP contribution in [0.3, 0.4) is 0 Å². The maximum Gasteiger partial charge on any atom is 0.257 e. The summed E-state index contributed by atoms with van der Waals surface area (Å²) in [4.78, 5) is 18.4. The molecule has 0 atom stereocenters. The average molecular weight is 421 g/mol. The Morgan fingerprint density at radius 3 is 2.58 bits per heavy atom. The van der Waals surface area contributed by atoms with Crippen LogP contribution in [0, 0.1) is 0 Å². The van der Waals surface area contributed by atoms with Crippen LogP contribution < -0.4 is 15.4 Å². The lowest BCUT2D eigenvalue weighted by atomic mass is 10.0. The Kier molecular flexibility index (Phi) is 8.52. The van der Waals surface area contributed by atoms with Crippen molar-refractivity contribution in [2.45, 2.75) is 26.3 Å². The van der Waals surface area contributed by atoms with Gasteiger partial charge in [-0.1, -0.05) is 54.1 Å². The molecule has 2 aromatic rings.